The zero-order valence-electron chi connectivity index (χ0n) is 14.5. The molecule has 6 heteroatoms. The molecule has 0 fully saturated rings. The second kappa shape index (κ2) is 7.64. The third-order valence-electron chi connectivity index (χ3n) is 4.75. The van der Waals surface area contributed by atoms with E-state index < -0.39 is 6.04 Å². The molecular weight excluding hydrogens is 399 g/mol. The Labute approximate surface area is 172 Å². The summed E-state index contributed by atoms with van der Waals surface area (Å²) in [6.45, 7) is 1.28. The normalized spacial score (nSPS) is 14.3. The van der Waals surface area contributed by atoms with Crippen molar-refractivity contribution in [1.29, 1.82) is 0 Å². The molecular formula is C21H18Cl2N2OS. The van der Waals surface area contributed by atoms with Gasteiger partial charge in [0.2, 0.25) is 5.91 Å². The van der Waals surface area contributed by atoms with Crippen LogP contribution in [0, 0.1) is 0 Å². The lowest BCUT2D eigenvalue weighted by atomic mass is 10.1. The number of nitrogens with zero attached hydrogens (tertiary/aromatic N) is 1. The first-order valence-electron chi connectivity index (χ1n) is 8.66. The fourth-order valence-electron chi connectivity index (χ4n) is 3.35. The number of benzene rings is 2. The smallest absolute Gasteiger partial charge is 0.240 e. The maximum absolute atomic E-state index is 12.8. The van der Waals surface area contributed by atoms with Gasteiger partial charge in [0, 0.05) is 39.9 Å². The number of carbonyl (C=O) groups excluding carboxylic acids is 1. The van der Waals surface area contributed by atoms with Gasteiger partial charge in [-0.05, 0) is 35.4 Å². The highest BCUT2D eigenvalue weighted by Crippen LogP contribution is 2.35. The largest absolute Gasteiger partial charge is 0.333 e. The second-order valence-corrected chi connectivity index (χ2v) is 8.68. The van der Waals surface area contributed by atoms with E-state index in [1.165, 1.54) is 11.1 Å². The molecule has 3 aromatic rings. The Morgan fingerprint density at radius 1 is 1.07 bits per heavy atom. The van der Waals surface area contributed by atoms with E-state index in [0.29, 0.717) is 29.6 Å². The van der Waals surface area contributed by atoms with Crippen LogP contribution in [0.25, 0.3) is 10.4 Å². The molecule has 0 spiro atoms. The molecule has 1 amide bonds. The number of carbonyl (C=O) groups is 1. The third-order valence-corrected chi connectivity index (χ3v) is 6.44. The number of rotatable bonds is 4. The predicted octanol–water partition coefficient (Wildman–Crippen LogP) is 5.13. The molecule has 1 aliphatic rings. The van der Waals surface area contributed by atoms with Crippen molar-refractivity contribution >= 4 is 40.4 Å². The second-order valence-electron chi connectivity index (χ2n) is 6.66. The van der Waals surface area contributed by atoms with Crippen LogP contribution in [-0.2, 0) is 24.3 Å². The molecule has 2 heterocycles. The maximum Gasteiger partial charge on any atom is 0.240 e. The number of hydrogen-bond acceptors (Lipinski definition) is 3. The minimum Gasteiger partial charge on any atom is -0.333 e. The number of halogens is 2. The Balaban J connectivity index is 1.44. The van der Waals surface area contributed by atoms with Gasteiger partial charge in [-0.1, -0.05) is 53.5 Å². The van der Waals surface area contributed by atoms with Gasteiger partial charge in [-0.2, -0.15) is 0 Å². The maximum atomic E-state index is 12.8. The van der Waals surface area contributed by atoms with Gasteiger partial charge in [-0.3, -0.25) is 4.79 Å². The summed E-state index contributed by atoms with van der Waals surface area (Å²) in [6, 6.07) is 17.1. The number of fused-ring (bicyclic) bond motifs is 1. The minimum atomic E-state index is -0.550. The SMILES string of the molecule is N[C@H](Cc1ccc(-c2ccc(Cl)cc2Cl)s1)C(=O)N1Cc2ccccc2C1. The summed E-state index contributed by atoms with van der Waals surface area (Å²) in [4.78, 5) is 16.7. The van der Waals surface area contributed by atoms with Gasteiger partial charge in [0.25, 0.3) is 0 Å². The number of thiophene rings is 1. The van der Waals surface area contributed by atoms with Crippen LogP contribution in [0.1, 0.15) is 16.0 Å². The van der Waals surface area contributed by atoms with Crippen molar-refractivity contribution in [3.63, 3.8) is 0 Å². The Hall–Kier alpha value is -1.85. The Morgan fingerprint density at radius 2 is 1.78 bits per heavy atom. The van der Waals surface area contributed by atoms with Gasteiger partial charge < -0.3 is 10.6 Å². The van der Waals surface area contributed by atoms with E-state index in [9.17, 15) is 4.79 Å². The van der Waals surface area contributed by atoms with E-state index in [4.69, 9.17) is 28.9 Å². The zero-order valence-corrected chi connectivity index (χ0v) is 16.8. The van der Waals surface area contributed by atoms with Crippen LogP contribution in [0.5, 0.6) is 0 Å². The van der Waals surface area contributed by atoms with Crippen LogP contribution in [0.3, 0.4) is 0 Å². The fourth-order valence-corrected chi connectivity index (χ4v) is 5.02. The molecule has 2 aromatic carbocycles. The molecule has 2 N–H and O–H groups in total. The number of hydrogen-bond donors (Lipinski definition) is 1. The van der Waals surface area contributed by atoms with E-state index in [2.05, 4.69) is 12.1 Å². The van der Waals surface area contributed by atoms with Crippen LogP contribution in [0.4, 0.5) is 0 Å². The monoisotopic (exact) mass is 416 g/mol. The topological polar surface area (TPSA) is 46.3 Å². The Morgan fingerprint density at radius 3 is 2.44 bits per heavy atom. The lowest BCUT2D eigenvalue weighted by molar-refractivity contribution is -0.133. The lowest BCUT2D eigenvalue weighted by Gasteiger charge is -2.20. The average molecular weight is 417 g/mol. The van der Waals surface area contributed by atoms with Crippen molar-refractivity contribution in [1.82, 2.24) is 4.90 Å². The number of nitrogens with two attached hydrogens (primary N) is 1. The van der Waals surface area contributed by atoms with Crippen molar-refractivity contribution in [3.05, 3.63) is 80.6 Å². The summed E-state index contributed by atoms with van der Waals surface area (Å²) < 4.78 is 0. The van der Waals surface area contributed by atoms with Gasteiger partial charge in [0.15, 0.2) is 0 Å². The van der Waals surface area contributed by atoms with Crippen molar-refractivity contribution in [2.45, 2.75) is 25.6 Å². The van der Waals surface area contributed by atoms with Gasteiger partial charge in [-0.15, -0.1) is 11.3 Å². The third kappa shape index (κ3) is 3.90. The minimum absolute atomic E-state index is 0.00863. The van der Waals surface area contributed by atoms with Crippen molar-refractivity contribution < 1.29 is 4.79 Å². The highest BCUT2D eigenvalue weighted by Gasteiger charge is 2.27. The number of amides is 1. The van der Waals surface area contributed by atoms with E-state index in [-0.39, 0.29) is 5.91 Å². The van der Waals surface area contributed by atoms with Crippen molar-refractivity contribution in [3.8, 4) is 10.4 Å². The quantitative estimate of drug-likeness (QED) is 0.640. The molecule has 0 aliphatic carbocycles. The van der Waals surface area contributed by atoms with Crippen LogP contribution in [0.15, 0.2) is 54.6 Å². The van der Waals surface area contributed by atoms with Crippen molar-refractivity contribution in [2.24, 2.45) is 5.73 Å². The highest BCUT2D eigenvalue weighted by molar-refractivity contribution is 7.15. The first-order valence-corrected chi connectivity index (χ1v) is 10.2. The van der Waals surface area contributed by atoms with E-state index >= 15 is 0 Å². The summed E-state index contributed by atoms with van der Waals surface area (Å²) in [5.74, 6) is -0.00863. The summed E-state index contributed by atoms with van der Waals surface area (Å²) >= 11 is 13.9. The molecule has 0 saturated carbocycles. The molecule has 1 aromatic heterocycles. The standard InChI is InChI=1S/C21H18Cl2N2OS/c22-15-5-7-17(18(23)9-15)20-8-6-16(27-20)10-19(24)21(26)25-11-13-3-1-2-4-14(13)12-25/h1-9,19H,10-12,24H2/t19-/m1/s1. The molecule has 4 rings (SSSR count). The summed E-state index contributed by atoms with van der Waals surface area (Å²) in [7, 11) is 0. The molecule has 138 valence electrons. The molecule has 0 saturated heterocycles. The highest BCUT2D eigenvalue weighted by atomic mass is 35.5. The summed E-state index contributed by atoms with van der Waals surface area (Å²) in [6.07, 6.45) is 0.515. The molecule has 1 atom stereocenters. The Kier molecular flexibility index (Phi) is 5.24. The van der Waals surface area contributed by atoms with Crippen LogP contribution < -0.4 is 5.73 Å². The molecule has 27 heavy (non-hydrogen) atoms. The van der Waals surface area contributed by atoms with E-state index in [1.807, 2.05) is 41.3 Å². The van der Waals surface area contributed by atoms with E-state index in [1.54, 1.807) is 17.4 Å². The van der Waals surface area contributed by atoms with Crippen molar-refractivity contribution in [2.75, 3.05) is 0 Å². The van der Waals surface area contributed by atoms with Crippen LogP contribution in [0.2, 0.25) is 10.0 Å². The Bertz CT molecular complexity index is 976. The van der Waals surface area contributed by atoms with E-state index in [0.717, 1.165) is 15.3 Å². The molecule has 1 aliphatic heterocycles. The van der Waals surface area contributed by atoms with Gasteiger partial charge in [0.05, 0.1) is 11.1 Å². The first-order chi connectivity index (χ1) is 13.0. The summed E-state index contributed by atoms with van der Waals surface area (Å²) in [5.41, 5.74) is 9.58. The molecule has 0 unspecified atom stereocenters. The van der Waals surface area contributed by atoms with Crippen LogP contribution >= 0.6 is 34.5 Å². The predicted molar refractivity (Wildman–Crippen MR) is 112 cm³/mol. The van der Waals surface area contributed by atoms with Gasteiger partial charge >= 0.3 is 0 Å². The fraction of sp³-hybridized carbons (Fsp3) is 0.190. The van der Waals surface area contributed by atoms with Gasteiger partial charge in [0.1, 0.15) is 0 Å². The average Bonchev–Trinajstić information content (AvgIpc) is 3.27. The first kappa shape index (κ1) is 18.5. The molecule has 0 bridgehead atoms. The zero-order chi connectivity index (χ0) is 19.0. The lowest BCUT2D eigenvalue weighted by Crippen LogP contribution is -2.42. The molecule has 0 radical (unpaired) electrons. The molecule has 3 nitrogen and oxygen atoms in total. The van der Waals surface area contributed by atoms with Gasteiger partial charge in [-0.25, -0.2) is 0 Å². The van der Waals surface area contributed by atoms with Crippen LogP contribution in [-0.4, -0.2) is 16.8 Å². The summed E-state index contributed by atoms with van der Waals surface area (Å²) in [5, 5.41) is 1.23.